The van der Waals surface area contributed by atoms with Gasteiger partial charge in [0.2, 0.25) is 0 Å². The summed E-state index contributed by atoms with van der Waals surface area (Å²) in [4.78, 5) is 10.4. The lowest BCUT2D eigenvalue weighted by Gasteiger charge is -2.09. The van der Waals surface area contributed by atoms with Gasteiger partial charge in [0.05, 0.1) is 17.4 Å². The van der Waals surface area contributed by atoms with Gasteiger partial charge in [-0.05, 0) is 18.2 Å². The number of hydrogen-bond donors (Lipinski definition) is 0. The summed E-state index contributed by atoms with van der Waals surface area (Å²) in [6.45, 7) is 0. The van der Waals surface area contributed by atoms with Gasteiger partial charge < -0.3 is 0 Å². The maximum absolute atomic E-state index is 12.6. The number of alkyl halides is 3. The fraction of sp³-hybridized carbons (Fsp3) is 0.100. The Labute approximate surface area is 108 Å². The highest BCUT2D eigenvalue weighted by Crippen LogP contribution is 2.32. The van der Waals surface area contributed by atoms with E-state index in [1.807, 2.05) is 0 Å². The SMILES string of the molecule is O=Cc1cn(-c2cc(Br)cc(C(F)(F)F)c2)nn1. The lowest BCUT2D eigenvalue weighted by Crippen LogP contribution is -2.06. The Balaban J connectivity index is 2.51. The molecule has 1 aromatic carbocycles. The predicted octanol–water partition coefficient (Wildman–Crippen LogP) is 2.86. The molecule has 0 fully saturated rings. The van der Waals surface area contributed by atoms with Gasteiger partial charge in [-0.25, -0.2) is 4.68 Å². The fourth-order valence-corrected chi connectivity index (χ4v) is 1.81. The fourth-order valence-electron chi connectivity index (χ4n) is 1.33. The number of hydrogen-bond acceptors (Lipinski definition) is 3. The Morgan fingerprint density at radius 3 is 2.56 bits per heavy atom. The Kier molecular flexibility index (Phi) is 3.20. The van der Waals surface area contributed by atoms with Crippen molar-refractivity contribution in [1.82, 2.24) is 15.0 Å². The van der Waals surface area contributed by atoms with Gasteiger partial charge >= 0.3 is 6.18 Å². The van der Waals surface area contributed by atoms with E-state index in [2.05, 4.69) is 26.2 Å². The van der Waals surface area contributed by atoms with Crippen LogP contribution >= 0.6 is 15.9 Å². The number of aromatic nitrogens is 3. The lowest BCUT2D eigenvalue weighted by atomic mass is 10.2. The third kappa shape index (κ3) is 2.58. The zero-order valence-electron chi connectivity index (χ0n) is 8.65. The van der Waals surface area contributed by atoms with Gasteiger partial charge in [0.15, 0.2) is 6.29 Å². The summed E-state index contributed by atoms with van der Waals surface area (Å²) in [5.74, 6) is 0. The van der Waals surface area contributed by atoms with Crippen molar-refractivity contribution in [1.29, 1.82) is 0 Å². The molecule has 0 amide bonds. The Hall–Kier alpha value is -1.70. The summed E-state index contributed by atoms with van der Waals surface area (Å²) in [5.41, 5.74) is -0.601. The molecule has 8 heteroatoms. The summed E-state index contributed by atoms with van der Waals surface area (Å²) in [5, 5.41) is 7.05. The van der Waals surface area contributed by atoms with Crippen molar-refractivity contribution < 1.29 is 18.0 Å². The first-order valence-electron chi connectivity index (χ1n) is 4.66. The molecule has 0 bridgehead atoms. The summed E-state index contributed by atoms with van der Waals surface area (Å²) in [6.07, 6.45) is -2.74. The molecular formula is C10H5BrF3N3O. The molecule has 94 valence electrons. The Bertz CT molecular complexity index is 594. The molecule has 2 aromatic rings. The molecule has 0 saturated heterocycles. The van der Waals surface area contributed by atoms with Gasteiger partial charge in [-0.1, -0.05) is 21.1 Å². The van der Waals surface area contributed by atoms with Crippen molar-refractivity contribution in [2.24, 2.45) is 0 Å². The monoisotopic (exact) mass is 319 g/mol. The highest BCUT2D eigenvalue weighted by atomic mass is 79.9. The third-order valence-electron chi connectivity index (χ3n) is 2.11. The van der Waals surface area contributed by atoms with Gasteiger partial charge in [-0.2, -0.15) is 13.2 Å². The quantitative estimate of drug-likeness (QED) is 0.800. The summed E-state index contributed by atoms with van der Waals surface area (Å²) in [7, 11) is 0. The second-order valence-corrected chi connectivity index (χ2v) is 4.32. The second-order valence-electron chi connectivity index (χ2n) is 3.40. The van der Waals surface area contributed by atoms with Crippen molar-refractivity contribution in [3.05, 3.63) is 40.1 Å². The van der Waals surface area contributed by atoms with E-state index in [-0.39, 0.29) is 15.9 Å². The van der Waals surface area contributed by atoms with Crippen molar-refractivity contribution in [3.8, 4) is 5.69 Å². The van der Waals surface area contributed by atoms with E-state index in [9.17, 15) is 18.0 Å². The summed E-state index contributed by atoms with van der Waals surface area (Å²) in [6, 6.07) is 3.33. The largest absolute Gasteiger partial charge is 0.416 e. The highest BCUT2D eigenvalue weighted by molar-refractivity contribution is 9.10. The molecule has 2 rings (SSSR count). The van der Waals surface area contributed by atoms with Gasteiger partial charge in [0, 0.05) is 4.47 Å². The second kappa shape index (κ2) is 4.52. The standard InChI is InChI=1S/C10H5BrF3N3O/c11-7-1-6(10(12,13)14)2-9(3-7)17-4-8(5-18)15-16-17/h1-5H. The highest BCUT2D eigenvalue weighted by Gasteiger charge is 2.31. The average molecular weight is 320 g/mol. The molecule has 0 unspecified atom stereocenters. The number of benzene rings is 1. The lowest BCUT2D eigenvalue weighted by molar-refractivity contribution is -0.137. The number of rotatable bonds is 2. The van der Waals surface area contributed by atoms with Crippen LogP contribution in [0.2, 0.25) is 0 Å². The van der Waals surface area contributed by atoms with Crippen molar-refractivity contribution in [3.63, 3.8) is 0 Å². The first kappa shape index (κ1) is 12.7. The molecule has 0 aliphatic heterocycles. The van der Waals surface area contributed by atoms with Crippen molar-refractivity contribution >= 4 is 22.2 Å². The van der Waals surface area contributed by atoms with Crippen LogP contribution in [0.4, 0.5) is 13.2 Å². The van der Waals surface area contributed by atoms with Crippen LogP contribution in [0.5, 0.6) is 0 Å². The number of nitrogens with zero attached hydrogens (tertiary/aromatic N) is 3. The van der Waals surface area contributed by atoms with E-state index in [1.54, 1.807) is 0 Å². The molecule has 0 spiro atoms. The van der Waals surface area contributed by atoms with Crippen molar-refractivity contribution in [2.75, 3.05) is 0 Å². The minimum atomic E-state index is -4.45. The minimum absolute atomic E-state index is 0.0449. The molecule has 0 atom stereocenters. The van der Waals surface area contributed by atoms with E-state index < -0.39 is 11.7 Å². The van der Waals surface area contributed by atoms with Gasteiger partial charge in [-0.3, -0.25) is 4.79 Å². The average Bonchev–Trinajstić information content (AvgIpc) is 2.75. The zero-order valence-corrected chi connectivity index (χ0v) is 10.2. The molecule has 0 radical (unpaired) electrons. The smallest absolute Gasteiger partial charge is 0.296 e. The third-order valence-corrected chi connectivity index (χ3v) is 2.56. The van der Waals surface area contributed by atoms with Crippen LogP contribution in [0.15, 0.2) is 28.9 Å². The molecule has 0 aliphatic carbocycles. The van der Waals surface area contributed by atoms with Crippen LogP contribution in [0.3, 0.4) is 0 Å². The molecular weight excluding hydrogens is 315 g/mol. The van der Waals surface area contributed by atoms with E-state index >= 15 is 0 Å². The molecule has 0 saturated carbocycles. The summed E-state index contributed by atoms with van der Waals surface area (Å²) >= 11 is 3.00. The van der Waals surface area contributed by atoms with E-state index in [0.717, 1.165) is 16.8 Å². The van der Waals surface area contributed by atoms with Crippen LogP contribution in [0.25, 0.3) is 5.69 Å². The molecule has 1 aromatic heterocycles. The number of carbonyl (C=O) groups is 1. The minimum Gasteiger partial charge on any atom is -0.296 e. The molecule has 0 aliphatic rings. The van der Waals surface area contributed by atoms with Crippen LogP contribution in [0, 0.1) is 0 Å². The maximum Gasteiger partial charge on any atom is 0.416 e. The number of carbonyl (C=O) groups excluding carboxylic acids is 1. The van der Waals surface area contributed by atoms with Crippen LogP contribution in [-0.2, 0) is 6.18 Å². The Morgan fingerprint density at radius 2 is 2.00 bits per heavy atom. The van der Waals surface area contributed by atoms with E-state index in [4.69, 9.17) is 0 Å². The van der Waals surface area contributed by atoms with Gasteiger partial charge in [-0.15, -0.1) is 5.10 Å². The topological polar surface area (TPSA) is 47.8 Å². The van der Waals surface area contributed by atoms with E-state index in [1.165, 1.54) is 12.3 Å². The van der Waals surface area contributed by atoms with Crippen molar-refractivity contribution in [2.45, 2.75) is 6.18 Å². The van der Waals surface area contributed by atoms with Crippen LogP contribution in [-0.4, -0.2) is 21.3 Å². The first-order chi connectivity index (χ1) is 8.40. The van der Waals surface area contributed by atoms with Gasteiger partial charge in [0.25, 0.3) is 0 Å². The number of aldehydes is 1. The normalized spacial score (nSPS) is 11.6. The predicted molar refractivity (Wildman–Crippen MR) is 59.4 cm³/mol. The number of halogens is 4. The summed E-state index contributed by atoms with van der Waals surface area (Å²) < 4.78 is 39.2. The Morgan fingerprint density at radius 1 is 1.28 bits per heavy atom. The molecule has 18 heavy (non-hydrogen) atoms. The van der Waals surface area contributed by atoms with Crippen LogP contribution in [0.1, 0.15) is 16.1 Å². The molecule has 4 nitrogen and oxygen atoms in total. The maximum atomic E-state index is 12.6. The van der Waals surface area contributed by atoms with E-state index in [0.29, 0.717) is 6.29 Å². The first-order valence-corrected chi connectivity index (χ1v) is 5.45. The van der Waals surface area contributed by atoms with Gasteiger partial charge in [0.1, 0.15) is 5.69 Å². The molecule has 0 N–H and O–H groups in total. The zero-order chi connectivity index (χ0) is 13.3. The van der Waals surface area contributed by atoms with Crippen LogP contribution < -0.4 is 0 Å². The molecule has 1 heterocycles.